The minimum Gasteiger partial charge on any atom is -0.302 e. The average molecular weight is 316 g/mol. The molecule has 0 bridgehead atoms. The Kier molecular flexibility index (Phi) is 4.52. The number of hydrogen-bond donors (Lipinski definition) is 0. The van der Waals surface area contributed by atoms with E-state index in [0.717, 1.165) is 5.56 Å². The van der Waals surface area contributed by atoms with Crippen molar-refractivity contribution in [3.05, 3.63) is 33.5 Å². The fraction of sp³-hybridized carbons (Fsp3) is 0.250. The Morgan fingerprint density at radius 2 is 1.89 bits per heavy atom. The minimum atomic E-state index is -0.0150. The summed E-state index contributed by atoms with van der Waals surface area (Å²) in [7, 11) is 3.68. The number of halogens is 2. The lowest BCUT2D eigenvalue weighted by Gasteiger charge is -2.05. The molecule has 0 aliphatic carbocycles. The van der Waals surface area contributed by atoms with Crippen LogP contribution >= 0.6 is 34.5 Å². The predicted molar refractivity (Wildman–Crippen MR) is 78.2 cm³/mol. The van der Waals surface area contributed by atoms with Crippen molar-refractivity contribution in [2.24, 2.45) is 0 Å². The van der Waals surface area contributed by atoms with Crippen LogP contribution in [0.2, 0.25) is 10.3 Å². The van der Waals surface area contributed by atoms with Gasteiger partial charge >= 0.3 is 0 Å². The maximum atomic E-state index is 11.9. The van der Waals surface area contributed by atoms with Crippen LogP contribution in [-0.4, -0.2) is 41.3 Å². The number of pyridine rings is 1. The van der Waals surface area contributed by atoms with Crippen LogP contribution in [0.25, 0.3) is 10.6 Å². The first-order chi connectivity index (χ1) is 8.95. The van der Waals surface area contributed by atoms with Gasteiger partial charge in [-0.1, -0.05) is 23.2 Å². The second kappa shape index (κ2) is 5.96. The molecule has 0 radical (unpaired) electrons. The van der Waals surface area contributed by atoms with Crippen molar-refractivity contribution >= 4 is 40.3 Å². The second-order valence-corrected chi connectivity index (χ2v) is 5.83. The van der Waals surface area contributed by atoms with Gasteiger partial charge in [-0.15, -0.1) is 11.3 Å². The van der Waals surface area contributed by atoms with Gasteiger partial charge in [-0.05, 0) is 26.2 Å². The lowest BCUT2D eigenvalue weighted by atomic mass is 10.2. The van der Waals surface area contributed by atoms with Gasteiger partial charge in [0.15, 0.2) is 5.78 Å². The summed E-state index contributed by atoms with van der Waals surface area (Å²) < 4.78 is 0. The molecular weight excluding hydrogens is 305 g/mol. The standard InChI is InChI=1S/C12H11Cl2N3OS/c1-17(2)5-9(18)8-6-19-12(15-8)7-3-10(13)16-11(14)4-7/h3-4,6H,5H2,1-2H3. The first-order valence-corrected chi connectivity index (χ1v) is 7.06. The van der Waals surface area contributed by atoms with Crippen LogP contribution in [-0.2, 0) is 0 Å². The molecule has 0 N–H and O–H groups in total. The van der Waals surface area contributed by atoms with Crippen LogP contribution in [0.3, 0.4) is 0 Å². The molecule has 2 heterocycles. The minimum absolute atomic E-state index is 0.0150. The van der Waals surface area contributed by atoms with Gasteiger partial charge in [0, 0.05) is 10.9 Å². The van der Waals surface area contributed by atoms with Gasteiger partial charge in [0.2, 0.25) is 0 Å². The molecule has 0 saturated carbocycles. The van der Waals surface area contributed by atoms with E-state index < -0.39 is 0 Å². The van der Waals surface area contributed by atoms with Crippen molar-refractivity contribution in [3.8, 4) is 10.6 Å². The number of carbonyl (C=O) groups is 1. The Morgan fingerprint density at radius 1 is 1.26 bits per heavy atom. The van der Waals surface area contributed by atoms with Gasteiger partial charge in [-0.2, -0.15) is 0 Å². The summed E-state index contributed by atoms with van der Waals surface area (Å²) in [5.41, 5.74) is 1.22. The normalized spacial score (nSPS) is 11.0. The molecule has 2 rings (SSSR count). The third kappa shape index (κ3) is 3.73. The molecule has 0 amide bonds. The molecule has 2 aromatic heterocycles. The fourth-order valence-electron chi connectivity index (χ4n) is 1.49. The highest BCUT2D eigenvalue weighted by molar-refractivity contribution is 7.13. The van der Waals surface area contributed by atoms with Crippen LogP contribution in [0, 0.1) is 0 Å². The maximum Gasteiger partial charge on any atom is 0.195 e. The zero-order chi connectivity index (χ0) is 14.0. The summed E-state index contributed by atoms with van der Waals surface area (Å²) in [6, 6.07) is 3.35. The van der Waals surface area contributed by atoms with Crippen LogP contribution in [0.4, 0.5) is 0 Å². The lowest BCUT2D eigenvalue weighted by molar-refractivity contribution is 0.0953. The van der Waals surface area contributed by atoms with Crippen molar-refractivity contribution in [2.45, 2.75) is 0 Å². The number of carbonyl (C=O) groups excluding carboxylic acids is 1. The smallest absolute Gasteiger partial charge is 0.195 e. The highest BCUT2D eigenvalue weighted by Gasteiger charge is 2.13. The topological polar surface area (TPSA) is 46.1 Å². The van der Waals surface area contributed by atoms with Crippen molar-refractivity contribution < 1.29 is 4.79 Å². The number of Topliss-reactive ketones (excluding diaryl/α,β-unsaturated/α-hetero) is 1. The van der Waals surface area contributed by atoms with E-state index in [4.69, 9.17) is 23.2 Å². The monoisotopic (exact) mass is 315 g/mol. The number of likely N-dealkylation sites (N-methyl/N-ethyl adjacent to an activating group) is 1. The molecule has 0 fully saturated rings. The lowest BCUT2D eigenvalue weighted by Crippen LogP contribution is -2.21. The third-order valence-electron chi connectivity index (χ3n) is 2.26. The van der Waals surface area contributed by atoms with E-state index in [-0.39, 0.29) is 5.78 Å². The van der Waals surface area contributed by atoms with Crippen LogP contribution < -0.4 is 0 Å². The van der Waals surface area contributed by atoms with E-state index in [1.165, 1.54) is 11.3 Å². The average Bonchev–Trinajstić information content (AvgIpc) is 2.75. The molecule has 0 spiro atoms. The Bertz CT molecular complexity index is 593. The molecule has 0 unspecified atom stereocenters. The summed E-state index contributed by atoms with van der Waals surface area (Å²) in [5, 5.41) is 3.05. The Labute approximate surface area is 125 Å². The van der Waals surface area contributed by atoms with Crippen molar-refractivity contribution in [2.75, 3.05) is 20.6 Å². The number of aromatic nitrogens is 2. The van der Waals surface area contributed by atoms with Crippen LogP contribution in [0.1, 0.15) is 10.5 Å². The first kappa shape index (κ1) is 14.4. The highest BCUT2D eigenvalue weighted by atomic mass is 35.5. The zero-order valence-electron chi connectivity index (χ0n) is 10.4. The van der Waals surface area contributed by atoms with Gasteiger partial charge < -0.3 is 4.90 Å². The molecule has 0 saturated heterocycles. The summed E-state index contributed by atoms with van der Waals surface area (Å²) in [5.74, 6) is -0.0150. The first-order valence-electron chi connectivity index (χ1n) is 5.42. The van der Waals surface area contributed by atoms with Crippen LogP contribution in [0.5, 0.6) is 0 Å². The molecule has 0 aromatic carbocycles. The summed E-state index contributed by atoms with van der Waals surface area (Å²) in [6.07, 6.45) is 0. The molecular formula is C12H11Cl2N3OS. The molecule has 4 nitrogen and oxygen atoms in total. The molecule has 2 aromatic rings. The van der Waals surface area contributed by atoms with Crippen LogP contribution in [0.15, 0.2) is 17.5 Å². The fourth-order valence-corrected chi connectivity index (χ4v) is 2.76. The van der Waals surface area contributed by atoms with E-state index >= 15 is 0 Å². The highest BCUT2D eigenvalue weighted by Crippen LogP contribution is 2.27. The van der Waals surface area contributed by atoms with E-state index in [1.54, 1.807) is 17.5 Å². The Hall–Kier alpha value is -1.01. The summed E-state index contributed by atoms with van der Waals surface area (Å²) in [4.78, 5) is 21.9. The van der Waals surface area contributed by atoms with Crippen molar-refractivity contribution in [3.63, 3.8) is 0 Å². The quantitative estimate of drug-likeness (QED) is 0.641. The zero-order valence-corrected chi connectivity index (χ0v) is 12.7. The second-order valence-electron chi connectivity index (χ2n) is 4.20. The number of thiazole rings is 1. The number of ketones is 1. The van der Waals surface area contributed by atoms with Gasteiger partial charge in [0.05, 0.1) is 6.54 Å². The van der Waals surface area contributed by atoms with Gasteiger partial charge in [-0.25, -0.2) is 9.97 Å². The number of rotatable bonds is 4. The summed E-state index contributed by atoms with van der Waals surface area (Å²) >= 11 is 13.1. The summed E-state index contributed by atoms with van der Waals surface area (Å²) in [6.45, 7) is 0.334. The number of hydrogen-bond acceptors (Lipinski definition) is 5. The molecule has 19 heavy (non-hydrogen) atoms. The van der Waals surface area contributed by atoms with Crippen molar-refractivity contribution in [1.29, 1.82) is 0 Å². The number of nitrogens with zero attached hydrogens (tertiary/aromatic N) is 3. The molecule has 100 valence electrons. The van der Waals surface area contributed by atoms with E-state index in [0.29, 0.717) is 27.6 Å². The molecule has 0 atom stereocenters. The molecule has 0 aliphatic rings. The predicted octanol–water partition coefficient (Wildman–Crippen LogP) is 3.26. The van der Waals surface area contributed by atoms with Gasteiger partial charge in [0.1, 0.15) is 21.0 Å². The SMILES string of the molecule is CN(C)CC(=O)c1csc(-c2cc(Cl)nc(Cl)c2)n1. The largest absolute Gasteiger partial charge is 0.302 e. The van der Waals surface area contributed by atoms with Crippen molar-refractivity contribution in [1.82, 2.24) is 14.9 Å². The maximum absolute atomic E-state index is 11.9. The van der Waals surface area contributed by atoms with E-state index in [2.05, 4.69) is 9.97 Å². The molecule has 7 heteroatoms. The molecule has 0 aliphatic heterocycles. The van der Waals surface area contributed by atoms with E-state index in [9.17, 15) is 4.79 Å². The van der Waals surface area contributed by atoms with Gasteiger partial charge in [0.25, 0.3) is 0 Å². The Morgan fingerprint density at radius 3 is 2.47 bits per heavy atom. The van der Waals surface area contributed by atoms with E-state index in [1.807, 2.05) is 19.0 Å². The third-order valence-corrected chi connectivity index (χ3v) is 3.54. The van der Waals surface area contributed by atoms with Gasteiger partial charge in [-0.3, -0.25) is 4.79 Å². The Balaban J connectivity index is 2.28.